The maximum atomic E-state index is 12.7. The molecule has 0 aliphatic carbocycles. The van der Waals surface area contributed by atoms with Crippen LogP contribution in [0.5, 0.6) is 11.5 Å². The zero-order valence-electron chi connectivity index (χ0n) is 17.1. The lowest BCUT2D eigenvalue weighted by Gasteiger charge is -2.38. The van der Waals surface area contributed by atoms with E-state index >= 15 is 0 Å². The summed E-state index contributed by atoms with van der Waals surface area (Å²) in [7, 11) is -0.996. The van der Waals surface area contributed by atoms with Crippen LogP contribution in [0.1, 0.15) is 24.0 Å². The molecule has 0 aromatic heterocycles. The van der Waals surface area contributed by atoms with Gasteiger partial charge in [-0.1, -0.05) is 31.2 Å². The van der Waals surface area contributed by atoms with Crippen molar-refractivity contribution in [2.75, 3.05) is 27.3 Å². The molecule has 30 heavy (non-hydrogen) atoms. The summed E-state index contributed by atoms with van der Waals surface area (Å²) >= 11 is 0. The summed E-state index contributed by atoms with van der Waals surface area (Å²) in [5, 5.41) is 8.07. The molecular formula is C20H26N4O5S. The van der Waals surface area contributed by atoms with Gasteiger partial charge in [0.25, 0.3) is 10.2 Å². The van der Waals surface area contributed by atoms with E-state index in [1.54, 1.807) is 31.4 Å². The Morgan fingerprint density at radius 2 is 1.63 bits per heavy atom. The average Bonchev–Trinajstić information content (AvgIpc) is 3.03. The monoisotopic (exact) mass is 434 g/mol. The van der Waals surface area contributed by atoms with Crippen molar-refractivity contribution in [3.8, 4) is 11.5 Å². The predicted octanol–water partition coefficient (Wildman–Crippen LogP) is 1.48. The molecule has 2 aromatic rings. The van der Waals surface area contributed by atoms with E-state index in [4.69, 9.17) is 14.6 Å². The summed E-state index contributed by atoms with van der Waals surface area (Å²) < 4.78 is 36.9. The minimum absolute atomic E-state index is 0.0317. The van der Waals surface area contributed by atoms with Crippen LogP contribution < -0.4 is 24.7 Å². The van der Waals surface area contributed by atoms with E-state index in [1.165, 1.54) is 12.0 Å². The number of nitrogens with one attached hydrogen (secondary N) is 2. The number of hydrogen-bond acceptors (Lipinski definition) is 5. The number of urea groups is 1. The molecule has 1 aliphatic rings. The Morgan fingerprint density at radius 1 is 1.10 bits per heavy atom. The molecule has 162 valence electrons. The second-order valence-electron chi connectivity index (χ2n) is 7.18. The first-order chi connectivity index (χ1) is 14.2. The lowest BCUT2D eigenvalue weighted by atomic mass is 9.96. The van der Waals surface area contributed by atoms with Gasteiger partial charge in [-0.3, -0.25) is 4.90 Å². The van der Waals surface area contributed by atoms with E-state index in [0.29, 0.717) is 11.3 Å². The van der Waals surface area contributed by atoms with Crippen molar-refractivity contribution in [1.82, 2.24) is 14.9 Å². The number of rotatable bonds is 8. The van der Waals surface area contributed by atoms with E-state index in [0.717, 1.165) is 11.3 Å². The minimum Gasteiger partial charge on any atom is -0.497 e. The lowest BCUT2D eigenvalue weighted by molar-refractivity contribution is 0.140. The number of carbonyl (C=O) groups is 1. The maximum absolute atomic E-state index is 12.7. The summed E-state index contributed by atoms with van der Waals surface area (Å²) in [5.41, 5.74) is 0.185. The molecule has 2 atom stereocenters. The summed E-state index contributed by atoms with van der Waals surface area (Å²) in [5.74, 6) is 1.26. The molecule has 0 radical (unpaired) electrons. The van der Waals surface area contributed by atoms with Gasteiger partial charge in [-0.25, -0.2) is 9.93 Å². The fourth-order valence-corrected chi connectivity index (χ4v) is 4.40. The Labute approximate surface area is 176 Å². The zero-order valence-corrected chi connectivity index (χ0v) is 17.9. The molecule has 0 bridgehead atoms. The first-order valence-electron chi connectivity index (χ1n) is 9.34. The standard InChI is InChI=1S/C20H26N4O5S/c1-14(15-4-8-17(28-2)9-5-15)12-24-19(25)22-13-20(24,23-30(21,26)27)16-6-10-18(29-3)11-7-16/h4-11,14,23H,12-13H2,1-3H3,(H,22,25)(H2,21,26,27). The number of hydrogen-bond donors (Lipinski definition) is 3. The van der Waals surface area contributed by atoms with Crippen LogP contribution >= 0.6 is 0 Å². The van der Waals surface area contributed by atoms with Crippen LogP contribution in [-0.4, -0.2) is 46.7 Å². The third-order valence-corrected chi connectivity index (χ3v) is 5.84. The molecule has 1 saturated heterocycles. The van der Waals surface area contributed by atoms with Crippen molar-refractivity contribution in [2.24, 2.45) is 5.14 Å². The largest absolute Gasteiger partial charge is 0.497 e. The Bertz CT molecular complexity index is 995. The van der Waals surface area contributed by atoms with Crippen LogP contribution in [0.2, 0.25) is 0 Å². The normalized spacial score (nSPS) is 20.0. The molecule has 1 fully saturated rings. The van der Waals surface area contributed by atoms with E-state index in [2.05, 4.69) is 10.0 Å². The Balaban J connectivity index is 1.98. The van der Waals surface area contributed by atoms with Gasteiger partial charge in [0.2, 0.25) is 0 Å². The molecule has 2 aromatic carbocycles. The van der Waals surface area contributed by atoms with Gasteiger partial charge in [-0.15, -0.1) is 0 Å². The van der Waals surface area contributed by atoms with Crippen LogP contribution in [-0.2, 0) is 15.9 Å². The number of nitrogens with two attached hydrogens (primary N) is 1. The molecule has 0 spiro atoms. The van der Waals surface area contributed by atoms with Crippen molar-refractivity contribution in [3.05, 3.63) is 59.7 Å². The fourth-order valence-electron chi connectivity index (χ4n) is 3.63. The molecule has 0 saturated carbocycles. The molecule has 1 heterocycles. The topological polar surface area (TPSA) is 123 Å². The highest BCUT2D eigenvalue weighted by atomic mass is 32.2. The highest BCUT2D eigenvalue weighted by molar-refractivity contribution is 7.87. The highest BCUT2D eigenvalue weighted by Crippen LogP contribution is 2.34. The van der Waals surface area contributed by atoms with Gasteiger partial charge >= 0.3 is 6.03 Å². The first kappa shape index (κ1) is 21.9. The summed E-state index contributed by atoms with van der Waals surface area (Å²) in [6.45, 7) is 2.25. The molecule has 4 N–H and O–H groups in total. The number of ether oxygens (including phenoxy) is 2. The van der Waals surface area contributed by atoms with E-state index in [9.17, 15) is 13.2 Å². The quantitative estimate of drug-likeness (QED) is 0.581. The number of carbonyl (C=O) groups excluding carboxylic acids is 1. The van der Waals surface area contributed by atoms with Crippen molar-refractivity contribution in [1.29, 1.82) is 0 Å². The second kappa shape index (κ2) is 8.50. The summed E-state index contributed by atoms with van der Waals surface area (Å²) in [6.07, 6.45) is 0. The smallest absolute Gasteiger partial charge is 0.319 e. The van der Waals surface area contributed by atoms with Gasteiger partial charge in [-0.2, -0.15) is 13.1 Å². The molecular weight excluding hydrogens is 408 g/mol. The van der Waals surface area contributed by atoms with Crippen LogP contribution in [0.25, 0.3) is 0 Å². The number of nitrogens with zero attached hydrogens (tertiary/aromatic N) is 1. The van der Waals surface area contributed by atoms with Gasteiger partial charge in [0.1, 0.15) is 11.5 Å². The number of methoxy groups -OCH3 is 2. The summed E-state index contributed by atoms with van der Waals surface area (Å²) in [6, 6.07) is 14.0. The molecule has 9 nitrogen and oxygen atoms in total. The predicted molar refractivity (Wildman–Crippen MR) is 112 cm³/mol. The molecule has 2 amide bonds. The molecule has 1 aliphatic heterocycles. The Kier molecular flexibility index (Phi) is 6.20. The van der Waals surface area contributed by atoms with Crippen LogP contribution in [0.3, 0.4) is 0 Å². The van der Waals surface area contributed by atoms with Gasteiger partial charge in [0.05, 0.1) is 20.8 Å². The van der Waals surface area contributed by atoms with Gasteiger partial charge in [0.15, 0.2) is 5.66 Å². The molecule has 10 heteroatoms. The molecule has 2 unspecified atom stereocenters. The third kappa shape index (κ3) is 4.50. The summed E-state index contributed by atoms with van der Waals surface area (Å²) in [4.78, 5) is 14.2. The van der Waals surface area contributed by atoms with Crippen molar-refractivity contribution in [2.45, 2.75) is 18.5 Å². The van der Waals surface area contributed by atoms with Crippen molar-refractivity contribution >= 4 is 16.2 Å². The van der Waals surface area contributed by atoms with Gasteiger partial charge in [0, 0.05) is 6.54 Å². The zero-order chi connectivity index (χ0) is 21.9. The number of benzene rings is 2. The fraction of sp³-hybridized carbons (Fsp3) is 0.350. The Morgan fingerprint density at radius 3 is 2.13 bits per heavy atom. The maximum Gasteiger partial charge on any atom is 0.319 e. The van der Waals surface area contributed by atoms with Crippen molar-refractivity contribution < 1.29 is 22.7 Å². The van der Waals surface area contributed by atoms with E-state index in [-0.39, 0.29) is 25.0 Å². The van der Waals surface area contributed by atoms with E-state index in [1.807, 2.05) is 31.2 Å². The lowest BCUT2D eigenvalue weighted by Crippen LogP contribution is -2.59. The average molecular weight is 435 g/mol. The van der Waals surface area contributed by atoms with Crippen LogP contribution in [0.4, 0.5) is 4.79 Å². The minimum atomic E-state index is -4.13. The third-order valence-electron chi connectivity index (χ3n) is 5.22. The SMILES string of the molecule is COc1ccc(C(C)CN2C(=O)NCC2(NS(N)(=O)=O)c2ccc(OC)cc2)cc1. The first-order valence-corrected chi connectivity index (χ1v) is 10.9. The second-order valence-corrected chi connectivity index (χ2v) is 8.47. The van der Waals surface area contributed by atoms with Crippen LogP contribution in [0, 0.1) is 0 Å². The number of amides is 2. The highest BCUT2D eigenvalue weighted by Gasteiger charge is 2.49. The van der Waals surface area contributed by atoms with Gasteiger partial charge < -0.3 is 14.8 Å². The van der Waals surface area contributed by atoms with E-state index < -0.39 is 15.9 Å². The van der Waals surface area contributed by atoms with Crippen molar-refractivity contribution in [3.63, 3.8) is 0 Å². The van der Waals surface area contributed by atoms with Gasteiger partial charge in [-0.05, 0) is 41.3 Å². The van der Waals surface area contributed by atoms with Crippen LogP contribution in [0.15, 0.2) is 48.5 Å². The Hall–Kier alpha value is -2.82. The molecule has 3 rings (SSSR count).